The molecule has 4 heteroatoms. The number of aliphatic hydroxyl groups excluding tert-OH is 1. The maximum atomic E-state index is 11.1. The van der Waals surface area contributed by atoms with Crippen molar-refractivity contribution in [3.05, 3.63) is 0 Å². The van der Waals surface area contributed by atoms with Crippen LogP contribution in [0.4, 0.5) is 0 Å². The minimum absolute atomic E-state index is 0.104. The second-order valence-electron chi connectivity index (χ2n) is 2.68. The number of hydrogen-bond acceptors (Lipinski definition) is 3. The van der Waals surface area contributed by atoms with Crippen molar-refractivity contribution in [1.29, 1.82) is 5.26 Å². The third-order valence-electron chi connectivity index (χ3n) is 1.54. The van der Waals surface area contributed by atoms with Gasteiger partial charge >= 0.3 is 0 Å². The minimum Gasteiger partial charge on any atom is -0.394 e. The van der Waals surface area contributed by atoms with Gasteiger partial charge in [-0.15, -0.1) is 0 Å². The van der Waals surface area contributed by atoms with Crippen molar-refractivity contribution < 1.29 is 9.90 Å². The summed E-state index contributed by atoms with van der Waals surface area (Å²) in [6, 6.07) is 1.61. The smallest absolute Gasteiger partial charge is 0.237 e. The number of nitrogens with zero attached hydrogens (tertiary/aromatic N) is 1. The van der Waals surface area contributed by atoms with Gasteiger partial charge in [0.1, 0.15) is 5.92 Å². The SMILES string of the molecule is CCC(C#N)C(=O)N[C@@H](C)CO. The van der Waals surface area contributed by atoms with E-state index in [0.717, 1.165) is 0 Å². The molecule has 0 aliphatic rings. The first-order chi connectivity index (χ1) is 5.65. The Bertz CT molecular complexity index is 186. The summed E-state index contributed by atoms with van der Waals surface area (Å²) >= 11 is 0. The summed E-state index contributed by atoms with van der Waals surface area (Å²) in [6.07, 6.45) is 0.500. The van der Waals surface area contributed by atoms with E-state index in [-0.39, 0.29) is 18.6 Å². The molecule has 0 spiro atoms. The van der Waals surface area contributed by atoms with Gasteiger partial charge in [0, 0.05) is 6.04 Å². The highest BCUT2D eigenvalue weighted by atomic mass is 16.3. The van der Waals surface area contributed by atoms with Gasteiger partial charge in [0.15, 0.2) is 0 Å². The fourth-order valence-electron chi connectivity index (χ4n) is 0.724. The summed E-state index contributed by atoms with van der Waals surface area (Å²) in [5.74, 6) is -0.902. The van der Waals surface area contributed by atoms with E-state index in [0.29, 0.717) is 6.42 Å². The van der Waals surface area contributed by atoms with Gasteiger partial charge in [-0.05, 0) is 13.3 Å². The van der Waals surface area contributed by atoms with E-state index >= 15 is 0 Å². The van der Waals surface area contributed by atoms with Crippen molar-refractivity contribution in [1.82, 2.24) is 5.32 Å². The van der Waals surface area contributed by atoms with Crippen LogP contribution in [0.25, 0.3) is 0 Å². The highest BCUT2D eigenvalue weighted by Gasteiger charge is 2.16. The Hall–Kier alpha value is -1.08. The zero-order valence-corrected chi connectivity index (χ0v) is 7.37. The fourth-order valence-corrected chi connectivity index (χ4v) is 0.724. The maximum Gasteiger partial charge on any atom is 0.237 e. The molecule has 1 unspecified atom stereocenters. The van der Waals surface area contributed by atoms with Crippen LogP contribution in [0, 0.1) is 17.2 Å². The lowest BCUT2D eigenvalue weighted by Gasteiger charge is -2.12. The van der Waals surface area contributed by atoms with Crippen molar-refractivity contribution >= 4 is 5.91 Å². The Kier molecular flexibility index (Phi) is 5.06. The van der Waals surface area contributed by atoms with Crippen LogP contribution in [0.3, 0.4) is 0 Å². The largest absolute Gasteiger partial charge is 0.394 e. The number of hydrogen-bond donors (Lipinski definition) is 2. The van der Waals surface area contributed by atoms with E-state index in [4.69, 9.17) is 10.4 Å². The first kappa shape index (κ1) is 10.9. The van der Waals surface area contributed by atoms with Crippen LogP contribution in [0.15, 0.2) is 0 Å². The summed E-state index contributed by atoms with van der Waals surface area (Å²) in [6.45, 7) is 3.35. The van der Waals surface area contributed by atoms with Gasteiger partial charge in [-0.25, -0.2) is 0 Å². The van der Waals surface area contributed by atoms with Crippen LogP contribution in [0.1, 0.15) is 20.3 Å². The Morgan fingerprint density at radius 2 is 2.33 bits per heavy atom. The zero-order valence-electron chi connectivity index (χ0n) is 7.37. The summed E-state index contributed by atoms with van der Waals surface area (Å²) in [4.78, 5) is 11.1. The first-order valence-corrected chi connectivity index (χ1v) is 3.96. The van der Waals surface area contributed by atoms with Crippen molar-refractivity contribution in [2.45, 2.75) is 26.3 Å². The van der Waals surface area contributed by atoms with E-state index in [9.17, 15) is 4.79 Å². The predicted molar refractivity (Wildman–Crippen MR) is 44.1 cm³/mol. The van der Waals surface area contributed by atoms with E-state index in [1.54, 1.807) is 13.8 Å². The quantitative estimate of drug-likeness (QED) is 0.625. The lowest BCUT2D eigenvalue weighted by atomic mass is 10.1. The van der Waals surface area contributed by atoms with Crippen LogP contribution >= 0.6 is 0 Å². The molecule has 0 saturated heterocycles. The Balaban J connectivity index is 3.95. The molecule has 2 atom stereocenters. The molecule has 0 saturated carbocycles. The Labute approximate surface area is 72.2 Å². The number of rotatable bonds is 4. The Morgan fingerprint density at radius 1 is 1.75 bits per heavy atom. The topological polar surface area (TPSA) is 73.1 Å². The average Bonchev–Trinajstić information content (AvgIpc) is 2.06. The van der Waals surface area contributed by atoms with Crippen molar-refractivity contribution in [2.24, 2.45) is 5.92 Å². The van der Waals surface area contributed by atoms with E-state index in [1.165, 1.54) is 0 Å². The van der Waals surface area contributed by atoms with Gasteiger partial charge in [-0.1, -0.05) is 6.92 Å². The predicted octanol–water partition coefficient (Wildman–Crippen LogP) is 0.0332. The maximum absolute atomic E-state index is 11.1. The van der Waals surface area contributed by atoms with E-state index < -0.39 is 5.92 Å². The molecule has 0 aromatic carbocycles. The molecule has 4 nitrogen and oxygen atoms in total. The Morgan fingerprint density at radius 3 is 2.67 bits per heavy atom. The van der Waals surface area contributed by atoms with Crippen molar-refractivity contribution in [2.75, 3.05) is 6.61 Å². The monoisotopic (exact) mass is 170 g/mol. The van der Waals surface area contributed by atoms with Crippen molar-refractivity contribution in [3.8, 4) is 6.07 Å². The standard InChI is InChI=1S/C8H14N2O2/c1-3-7(4-9)8(12)10-6(2)5-11/h6-7,11H,3,5H2,1-2H3,(H,10,12)/t6-,7?/m0/s1. The molecule has 0 radical (unpaired) electrons. The number of carbonyl (C=O) groups is 1. The number of amides is 1. The van der Waals surface area contributed by atoms with Gasteiger partial charge in [-0.2, -0.15) is 5.26 Å². The molecule has 0 bridgehead atoms. The number of nitrogens with one attached hydrogen (secondary N) is 1. The highest BCUT2D eigenvalue weighted by Crippen LogP contribution is 2.00. The fraction of sp³-hybridized carbons (Fsp3) is 0.750. The average molecular weight is 170 g/mol. The third-order valence-corrected chi connectivity index (χ3v) is 1.54. The summed E-state index contributed by atoms with van der Waals surface area (Å²) in [5.41, 5.74) is 0. The number of nitriles is 1. The minimum atomic E-state index is -0.598. The molecule has 0 aliphatic heterocycles. The van der Waals surface area contributed by atoms with Gasteiger partial charge in [0.2, 0.25) is 5.91 Å². The zero-order chi connectivity index (χ0) is 9.56. The molecule has 0 fully saturated rings. The normalized spacial score (nSPS) is 14.5. The van der Waals surface area contributed by atoms with Crippen LogP contribution in [0.5, 0.6) is 0 Å². The lowest BCUT2D eigenvalue weighted by molar-refractivity contribution is -0.124. The molecule has 0 aliphatic carbocycles. The molecule has 12 heavy (non-hydrogen) atoms. The van der Waals surface area contributed by atoms with Crippen molar-refractivity contribution in [3.63, 3.8) is 0 Å². The lowest BCUT2D eigenvalue weighted by Crippen LogP contribution is -2.38. The highest BCUT2D eigenvalue weighted by molar-refractivity contribution is 5.81. The van der Waals surface area contributed by atoms with Gasteiger partial charge in [0.25, 0.3) is 0 Å². The van der Waals surface area contributed by atoms with Gasteiger partial charge in [-0.3, -0.25) is 4.79 Å². The van der Waals surface area contributed by atoms with Gasteiger partial charge < -0.3 is 10.4 Å². The van der Waals surface area contributed by atoms with Gasteiger partial charge in [0.05, 0.1) is 12.7 Å². The molecule has 0 heterocycles. The van der Waals surface area contributed by atoms with Crippen LogP contribution in [-0.2, 0) is 4.79 Å². The second-order valence-corrected chi connectivity index (χ2v) is 2.68. The molecule has 0 aromatic heterocycles. The molecule has 0 aromatic rings. The summed E-state index contributed by atoms with van der Waals surface area (Å²) in [5, 5.41) is 19.6. The van der Waals surface area contributed by atoms with Crippen LogP contribution in [-0.4, -0.2) is 23.7 Å². The first-order valence-electron chi connectivity index (χ1n) is 3.96. The molecule has 68 valence electrons. The second kappa shape index (κ2) is 5.56. The van der Waals surface area contributed by atoms with Crippen LogP contribution in [0.2, 0.25) is 0 Å². The third kappa shape index (κ3) is 3.35. The van der Waals surface area contributed by atoms with Crippen LogP contribution < -0.4 is 5.32 Å². The van der Waals surface area contributed by atoms with E-state index in [1.807, 2.05) is 6.07 Å². The molecular weight excluding hydrogens is 156 g/mol. The molecule has 1 amide bonds. The van der Waals surface area contributed by atoms with E-state index in [2.05, 4.69) is 5.32 Å². The molecule has 0 rings (SSSR count). The molecular formula is C8H14N2O2. The number of aliphatic hydroxyl groups is 1. The summed E-state index contributed by atoms with van der Waals surface area (Å²) < 4.78 is 0. The molecule has 2 N–H and O–H groups in total. The number of carbonyl (C=O) groups excluding carboxylic acids is 1. The summed E-state index contributed by atoms with van der Waals surface area (Å²) in [7, 11) is 0.